The van der Waals surface area contributed by atoms with E-state index in [0.29, 0.717) is 22.7 Å². The minimum atomic E-state index is 0.142. The Morgan fingerprint density at radius 2 is 2.11 bits per heavy atom. The standard InChI is InChI=1S/C13H10ClN3O2/c1-18-11-6-9(16)2-3-10(11)19-13-12(14)8(7-15)4-5-17-13/h2-6H,16H2,1H3. The molecule has 0 saturated heterocycles. The fraction of sp³-hybridized carbons (Fsp3) is 0.0769. The number of nitriles is 1. The van der Waals surface area contributed by atoms with Gasteiger partial charge in [0.05, 0.1) is 12.7 Å². The maximum absolute atomic E-state index is 8.89. The lowest BCUT2D eigenvalue weighted by Crippen LogP contribution is -1.95. The summed E-state index contributed by atoms with van der Waals surface area (Å²) >= 11 is 6.01. The number of aromatic nitrogens is 1. The summed E-state index contributed by atoms with van der Waals surface area (Å²) in [6.07, 6.45) is 1.45. The Labute approximate surface area is 115 Å². The average molecular weight is 276 g/mol. The Balaban J connectivity index is 2.40. The summed E-state index contributed by atoms with van der Waals surface area (Å²) in [5.41, 5.74) is 6.49. The van der Waals surface area contributed by atoms with Crippen LogP contribution in [-0.4, -0.2) is 12.1 Å². The molecule has 0 aliphatic rings. The van der Waals surface area contributed by atoms with Gasteiger partial charge in [0, 0.05) is 18.0 Å². The molecule has 0 radical (unpaired) electrons. The largest absolute Gasteiger partial charge is 0.493 e. The number of anilines is 1. The quantitative estimate of drug-likeness (QED) is 0.871. The van der Waals surface area contributed by atoms with Crippen molar-refractivity contribution in [1.29, 1.82) is 5.26 Å². The topological polar surface area (TPSA) is 81.2 Å². The van der Waals surface area contributed by atoms with Crippen molar-refractivity contribution in [3.05, 3.63) is 41.0 Å². The highest BCUT2D eigenvalue weighted by molar-refractivity contribution is 6.33. The SMILES string of the molecule is COc1cc(N)ccc1Oc1nccc(C#N)c1Cl. The van der Waals surface area contributed by atoms with E-state index < -0.39 is 0 Å². The molecule has 0 amide bonds. The summed E-state index contributed by atoms with van der Waals surface area (Å²) in [5.74, 6) is 1.02. The highest BCUT2D eigenvalue weighted by Gasteiger charge is 2.12. The van der Waals surface area contributed by atoms with Crippen molar-refractivity contribution in [3.63, 3.8) is 0 Å². The zero-order chi connectivity index (χ0) is 13.8. The molecule has 19 heavy (non-hydrogen) atoms. The molecule has 1 aromatic carbocycles. The van der Waals surface area contributed by atoms with Gasteiger partial charge < -0.3 is 15.2 Å². The molecule has 0 saturated carbocycles. The summed E-state index contributed by atoms with van der Waals surface area (Å²) in [6.45, 7) is 0. The molecule has 0 aliphatic carbocycles. The van der Waals surface area contributed by atoms with Crippen molar-refractivity contribution in [1.82, 2.24) is 4.98 Å². The summed E-state index contributed by atoms with van der Waals surface area (Å²) < 4.78 is 10.7. The first kappa shape index (κ1) is 13.0. The lowest BCUT2D eigenvalue weighted by molar-refractivity contribution is 0.374. The summed E-state index contributed by atoms with van der Waals surface area (Å²) in [4.78, 5) is 3.99. The molecule has 0 aliphatic heterocycles. The van der Waals surface area contributed by atoms with Crippen molar-refractivity contribution in [3.8, 4) is 23.4 Å². The predicted octanol–water partition coefficient (Wildman–Crippen LogP) is 2.99. The van der Waals surface area contributed by atoms with Gasteiger partial charge in [-0.05, 0) is 18.2 Å². The zero-order valence-corrected chi connectivity index (χ0v) is 10.8. The Hall–Kier alpha value is -2.45. The van der Waals surface area contributed by atoms with E-state index in [4.69, 9.17) is 32.1 Å². The molecular formula is C13H10ClN3O2. The minimum Gasteiger partial charge on any atom is -0.493 e. The van der Waals surface area contributed by atoms with Crippen LogP contribution >= 0.6 is 11.6 Å². The molecule has 2 N–H and O–H groups in total. The Morgan fingerprint density at radius 3 is 2.79 bits per heavy atom. The van der Waals surface area contributed by atoms with Crippen molar-refractivity contribution >= 4 is 17.3 Å². The maximum atomic E-state index is 8.89. The van der Waals surface area contributed by atoms with Crippen molar-refractivity contribution in [2.45, 2.75) is 0 Å². The summed E-state index contributed by atoms with van der Waals surface area (Å²) in [5, 5.41) is 9.04. The van der Waals surface area contributed by atoms with Gasteiger partial charge in [-0.2, -0.15) is 5.26 Å². The first-order valence-corrected chi connectivity index (χ1v) is 5.69. The van der Waals surface area contributed by atoms with E-state index >= 15 is 0 Å². The van der Waals surface area contributed by atoms with Gasteiger partial charge in [-0.3, -0.25) is 0 Å². The van der Waals surface area contributed by atoms with Gasteiger partial charge in [-0.1, -0.05) is 11.6 Å². The zero-order valence-electron chi connectivity index (χ0n) is 10.1. The number of pyridine rings is 1. The number of methoxy groups -OCH3 is 1. The van der Waals surface area contributed by atoms with Gasteiger partial charge in [0.15, 0.2) is 11.5 Å². The Morgan fingerprint density at radius 1 is 1.32 bits per heavy atom. The fourth-order valence-electron chi connectivity index (χ4n) is 1.45. The van der Waals surface area contributed by atoms with Crippen molar-refractivity contribution in [2.24, 2.45) is 0 Å². The first-order valence-electron chi connectivity index (χ1n) is 5.31. The van der Waals surface area contributed by atoms with E-state index in [1.807, 2.05) is 6.07 Å². The molecule has 2 aromatic rings. The van der Waals surface area contributed by atoms with E-state index in [2.05, 4.69) is 4.98 Å². The summed E-state index contributed by atoms with van der Waals surface area (Å²) in [7, 11) is 1.50. The van der Waals surface area contributed by atoms with Crippen LogP contribution in [0.1, 0.15) is 5.56 Å². The van der Waals surface area contributed by atoms with E-state index in [1.54, 1.807) is 18.2 Å². The molecule has 2 rings (SSSR count). The van der Waals surface area contributed by atoms with Crippen LogP contribution in [-0.2, 0) is 0 Å². The third-order valence-corrected chi connectivity index (χ3v) is 2.74. The van der Waals surface area contributed by atoms with E-state index in [0.717, 1.165) is 0 Å². The van der Waals surface area contributed by atoms with Gasteiger partial charge >= 0.3 is 0 Å². The molecule has 0 atom stereocenters. The third kappa shape index (κ3) is 2.69. The fourth-order valence-corrected chi connectivity index (χ4v) is 1.65. The number of hydrogen-bond acceptors (Lipinski definition) is 5. The molecular weight excluding hydrogens is 266 g/mol. The van der Waals surface area contributed by atoms with Crippen molar-refractivity contribution < 1.29 is 9.47 Å². The molecule has 5 nitrogen and oxygen atoms in total. The molecule has 6 heteroatoms. The van der Waals surface area contributed by atoms with E-state index in [1.165, 1.54) is 19.4 Å². The second-order valence-corrected chi connectivity index (χ2v) is 3.98. The molecule has 1 heterocycles. The second-order valence-electron chi connectivity index (χ2n) is 3.60. The molecule has 0 bridgehead atoms. The number of rotatable bonds is 3. The Bertz CT molecular complexity index is 653. The van der Waals surface area contributed by atoms with Gasteiger partial charge in [0.2, 0.25) is 5.88 Å². The highest BCUT2D eigenvalue weighted by Crippen LogP contribution is 2.35. The number of benzene rings is 1. The second kappa shape index (κ2) is 5.46. The van der Waals surface area contributed by atoms with Gasteiger partial charge in [-0.15, -0.1) is 0 Å². The lowest BCUT2D eigenvalue weighted by atomic mass is 10.2. The van der Waals surface area contributed by atoms with Crippen LogP contribution < -0.4 is 15.2 Å². The van der Waals surface area contributed by atoms with Crippen LogP contribution in [0.2, 0.25) is 5.02 Å². The number of nitrogens with two attached hydrogens (primary N) is 1. The molecule has 0 unspecified atom stereocenters. The number of hydrogen-bond donors (Lipinski definition) is 1. The van der Waals surface area contributed by atoms with E-state index in [9.17, 15) is 0 Å². The van der Waals surface area contributed by atoms with Crippen LogP contribution in [0.15, 0.2) is 30.5 Å². The van der Waals surface area contributed by atoms with Gasteiger partial charge in [0.25, 0.3) is 0 Å². The Kier molecular flexibility index (Phi) is 3.74. The van der Waals surface area contributed by atoms with Crippen LogP contribution in [0.3, 0.4) is 0 Å². The normalized spacial score (nSPS) is 9.74. The minimum absolute atomic E-state index is 0.142. The predicted molar refractivity (Wildman–Crippen MR) is 71.4 cm³/mol. The van der Waals surface area contributed by atoms with Crippen molar-refractivity contribution in [2.75, 3.05) is 12.8 Å². The smallest absolute Gasteiger partial charge is 0.239 e. The number of nitrogens with zero attached hydrogens (tertiary/aromatic N) is 2. The lowest BCUT2D eigenvalue weighted by Gasteiger charge is -2.11. The molecule has 0 fully saturated rings. The number of ether oxygens (including phenoxy) is 2. The molecule has 1 aromatic heterocycles. The van der Waals surface area contributed by atoms with Gasteiger partial charge in [-0.25, -0.2) is 4.98 Å². The van der Waals surface area contributed by atoms with Crippen LogP contribution in [0, 0.1) is 11.3 Å². The third-order valence-electron chi connectivity index (χ3n) is 2.37. The first-order chi connectivity index (χ1) is 9.15. The summed E-state index contributed by atoms with van der Waals surface area (Å²) in [6, 6.07) is 8.40. The van der Waals surface area contributed by atoms with Crippen LogP contribution in [0.4, 0.5) is 5.69 Å². The monoisotopic (exact) mass is 275 g/mol. The highest BCUT2D eigenvalue weighted by atomic mass is 35.5. The molecule has 0 spiro atoms. The molecule has 96 valence electrons. The van der Waals surface area contributed by atoms with E-state index in [-0.39, 0.29) is 10.9 Å². The van der Waals surface area contributed by atoms with Gasteiger partial charge in [0.1, 0.15) is 11.1 Å². The van der Waals surface area contributed by atoms with Crippen LogP contribution in [0.5, 0.6) is 17.4 Å². The van der Waals surface area contributed by atoms with Crippen LogP contribution in [0.25, 0.3) is 0 Å². The average Bonchev–Trinajstić information content (AvgIpc) is 2.42. The maximum Gasteiger partial charge on any atom is 0.239 e. The number of nitrogen functional groups attached to an aromatic ring is 1. The number of halogens is 1.